The Morgan fingerprint density at radius 1 is 1.21 bits per heavy atom. The van der Waals surface area contributed by atoms with Crippen LogP contribution in [0.5, 0.6) is 0 Å². The number of rotatable bonds is 4. The summed E-state index contributed by atoms with van der Waals surface area (Å²) in [7, 11) is 1.93. The van der Waals surface area contributed by atoms with Gasteiger partial charge in [-0.05, 0) is 41.6 Å². The van der Waals surface area contributed by atoms with Crippen molar-refractivity contribution in [3.8, 4) is 5.69 Å². The zero-order chi connectivity index (χ0) is 13.1. The van der Waals surface area contributed by atoms with Crippen LogP contribution in [0.15, 0.2) is 53.4 Å². The van der Waals surface area contributed by atoms with E-state index in [1.54, 1.807) is 16.1 Å². The number of para-hydroxylation sites is 1. The normalized spacial score (nSPS) is 12.5. The van der Waals surface area contributed by atoms with Gasteiger partial charge < -0.3 is 5.32 Å². The fraction of sp³-hybridized carbons (Fsp3) is 0.143. The maximum absolute atomic E-state index is 4.56. The summed E-state index contributed by atoms with van der Waals surface area (Å²) in [5, 5.41) is 16.4. The van der Waals surface area contributed by atoms with E-state index in [4.69, 9.17) is 0 Å². The van der Waals surface area contributed by atoms with Crippen LogP contribution < -0.4 is 5.32 Å². The van der Waals surface area contributed by atoms with Crippen LogP contribution in [0.1, 0.15) is 17.3 Å². The molecule has 96 valence electrons. The van der Waals surface area contributed by atoms with Gasteiger partial charge >= 0.3 is 0 Å². The van der Waals surface area contributed by atoms with Crippen molar-refractivity contribution < 1.29 is 0 Å². The minimum atomic E-state index is 0.0868. The van der Waals surface area contributed by atoms with Crippen molar-refractivity contribution in [3.05, 3.63) is 64.6 Å². The summed E-state index contributed by atoms with van der Waals surface area (Å²) >= 11 is 1.69. The number of hydrogen-bond acceptors (Lipinski definition) is 4. The zero-order valence-corrected chi connectivity index (χ0v) is 11.3. The topological polar surface area (TPSA) is 42.7 Å². The highest BCUT2D eigenvalue weighted by Gasteiger charge is 2.16. The molecule has 0 aliphatic heterocycles. The third kappa shape index (κ3) is 2.43. The lowest BCUT2D eigenvalue weighted by molar-refractivity contribution is 0.651. The SMILES string of the molecule is CNC(c1ccsc1)c1cnn(-c2ccccc2)n1. The molecule has 0 aliphatic rings. The second-order valence-corrected chi connectivity index (χ2v) is 4.95. The van der Waals surface area contributed by atoms with Crippen LogP contribution >= 0.6 is 11.3 Å². The van der Waals surface area contributed by atoms with Gasteiger partial charge in [-0.25, -0.2) is 0 Å². The second-order valence-electron chi connectivity index (χ2n) is 4.17. The van der Waals surface area contributed by atoms with Gasteiger partial charge in [0, 0.05) is 0 Å². The van der Waals surface area contributed by atoms with E-state index >= 15 is 0 Å². The molecule has 1 unspecified atom stereocenters. The number of thiophene rings is 1. The second kappa shape index (κ2) is 5.34. The van der Waals surface area contributed by atoms with E-state index in [1.807, 2.05) is 43.6 Å². The summed E-state index contributed by atoms with van der Waals surface area (Å²) in [6.45, 7) is 0. The van der Waals surface area contributed by atoms with Gasteiger partial charge in [-0.15, -0.1) is 0 Å². The first-order valence-electron chi connectivity index (χ1n) is 6.05. The van der Waals surface area contributed by atoms with E-state index in [0.717, 1.165) is 11.4 Å². The van der Waals surface area contributed by atoms with Gasteiger partial charge in [-0.2, -0.15) is 26.3 Å². The van der Waals surface area contributed by atoms with Crippen molar-refractivity contribution >= 4 is 11.3 Å². The lowest BCUT2D eigenvalue weighted by atomic mass is 10.1. The lowest BCUT2D eigenvalue weighted by Crippen LogP contribution is -2.17. The van der Waals surface area contributed by atoms with Gasteiger partial charge in [0.25, 0.3) is 0 Å². The molecular formula is C14H14N4S. The molecule has 2 aromatic heterocycles. The molecule has 4 nitrogen and oxygen atoms in total. The monoisotopic (exact) mass is 270 g/mol. The van der Waals surface area contributed by atoms with Crippen LogP contribution in [-0.2, 0) is 0 Å². The highest BCUT2D eigenvalue weighted by molar-refractivity contribution is 7.08. The van der Waals surface area contributed by atoms with Gasteiger partial charge in [-0.3, -0.25) is 0 Å². The minimum absolute atomic E-state index is 0.0868. The molecule has 0 saturated carbocycles. The van der Waals surface area contributed by atoms with Crippen molar-refractivity contribution in [2.75, 3.05) is 7.05 Å². The Morgan fingerprint density at radius 3 is 2.74 bits per heavy atom. The van der Waals surface area contributed by atoms with E-state index < -0.39 is 0 Å². The molecule has 0 radical (unpaired) electrons. The molecule has 1 atom stereocenters. The first kappa shape index (κ1) is 12.1. The molecule has 1 aromatic carbocycles. The van der Waals surface area contributed by atoms with Gasteiger partial charge in [0.15, 0.2) is 0 Å². The minimum Gasteiger partial charge on any atom is -0.308 e. The van der Waals surface area contributed by atoms with Crippen LogP contribution in [0.4, 0.5) is 0 Å². The van der Waals surface area contributed by atoms with Crippen molar-refractivity contribution in [2.24, 2.45) is 0 Å². The van der Waals surface area contributed by atoms with Crippen molar-refractivity contribution in [3.63, 3.8) is 0 Å². The van der Waals surface area contributed by atoms with Gasteiger partial charge in [0.2, 0.25) is 0 Å². The predicted octanol–water partition coefficient (Wildman–Crippen LogP) is 2.64. The number of hydrogen-bond donors (Lipinski definition) is 1. The number of nitrogens with zero attached hydrogens (tertiary/aromatic N) is 3. The van der Waals surface area contributed by atoms with Crippen LogP contribution in [-0.4, -0.2) is 22.0 Å². The Labute approximate surface area is 115 Å². The Balaban J connectivity index is 1.93. The number of nitrogens with one attached hydrogen (secondary N) is 1. The van der Waals surface area contributed by atoms with E-state index in [-0.39, 0.29) is 6.04 Å². The Bertz CT molecular complexity index is 631. The third-order valence-electron chi connectivity index (χ3n) is 2.96. The molecule has 3 aromatic rings. The number of aromatic nitrogens is 3. The first-order chi connectivity index (χ1) is 9.38. The van der Waals surface area contributed by atoms with Crippen LogP contribution in [0.3, 0.4) is 0 Å². The Morgan fingerprint density at radius 2 is 2.05 bits per heavy atom. The summed E-state index contributed by atoms with van der Waals surface area (Å²) in [6.07, 6.45) is 1.81. The molecule has 19 heavy (non-hydrogen) atoms. The number of benzene rings is 1. The van der Waals surface area contributed by atoms with E-state index in [9.17, 15) is 0 Å². The molecule has 0 amide bonds. The average molecular weight is 270 g/mol. The van der Waals surface area contributed by atoms with E-state index in [2.05, 4.69) is 32.3 Å². The lowest BCUT2D eigenvalue weighted by Gasteiger charge is -2.11. The Hall–Kier alpha value is -1.98. The highest BCUT2D eigenvalue weighted by atomic mass is 32.1. The fourth-order valence-corrected chi connectivity index (χ4v) is 2.70. The van der Waals surface area contributed by atoms with Crippen LogP contribution in [0.25, 0.3) is 5.69 Å². The summed E-state index contributed by atoms with van der Waals surface area (Å²) in [4.78, 5) is 1.66. The Kier molecular flexibility index (Phi) is 3.39. The largest absolute Gasteiger partial charge is 0.308 e. The molecule has 0 fully saturated rings. The van der Waals surface area contributed by atoms with E-state index in [1.165, 1.54) is 5.56 Å². The highest BCUT2D eigenvalue weighted by Crippen LogP contribution is 2.22. The average Bonchev–Trinajstić information content (AvgIpc) is 3.12. The molecule has 1 N–H and O–H groups in total. The van der Waals surface area contributed by atoms with Gasteiger partial charge in [0.05, 0.1) is 17.9 Å². The zero-order valence-electron chi connectivity index (χ0n) is 10.5. The predicted molar refractivity (Wildman–Crippen MR) is 76.6 cm³/mol. The maximum Gasteiger partial charge on any atom is 0.105 e. The molecule has 0 spiro atoms. The summed E-state index contributed by atoms with van der Waals surface area (Å²) in [6, 6.07) is 12.1. The molecule has 5 heteroatoms. The molecule has 0 saturated heterocycles. The van der Waals surface area contributed by atoms with Gasteiger partial charge in [-0.1, -0.05) is 18.2 Å². The fourth-order valence-electron chi connectivity index (χ4n) is 2.02. The van der Waals surface area contributed by atoms with Crippen molar-refractivity contribution in [1.29, 1.82) is 0 Å². The summed E-state index contributed by atoms with van der Waals surface area (Å²) < 4.78 is 0. The summed E-state index contributed by atoms with van der Waals surface area (Å²) in [5.41, 5.74) is 3.10. The molecular weight excluding hydrogens is 256 g/mol. The molecule has 0 aliphatic carbocycles. The molecule has 2 heterocycles. The standard InChI is InChI=1S/C14H14N4S/c1-15-14(11-7-8-19-10-11)13-9-16-18(17-13)12-5-3-2-4-6-12/h2-10,14-15H,1H3. The van der Waals surface area contributed by atoms with Crippen molar-refractivity contribution in [2.45, 2.75) is 6.04 Å². The molecule has 0 bridgehead atoms. The smallest absolute Gasteiger partial charge is 0.105 e. The van der Waals surface area contributed by atoms with Crippen LogP contribution in [0.2, 0.25) is 0 Å². The van der Waals surface area contributed by atoms with Gasteiger partial charge in [0.1, 0.15) is 5.69 Å². The quantitative estimate of drug-likeness (QED) is 0.792. The third-order valence-corrected chi connectivity index (χ3v) is 3.66. The maximum atomic E-state index is 4.56. The van der Waals surface area contributed by atoms with E-state index in [0.29, 0.717) is 0 Å². The first-order valence-corrected chi connectivity index (χ1v) is 7.00. The van der Waals surface area contributed by atoms with Crippen molar-refractivity contribution in [1.82, 2.24) is 20.3 Å². The summed E-state index contributed by atoms with van der Waals surface area (Å²) in [5.74, 6) is 0. The molecule has 3 rings (SSSR count). The van der Waals surface area contributed by atoms with Crippen LogP contribution in [0, 0.1) is 0 Å².